The molecule has 0 rings (SSSR count). The first-order chi connectivity index (χ1) is 25.6. The number of hydrogen-bond donors (Lipinski definition) is 3. The van der Waals surface area contributed by atoms with E-state index in [-0.39, 0.29) is 19.4 Å². The van der Waals surface area contributed by atoms with Crippen LogP contribution in [0.4, 0.5) is 0 Å². The number of carbonyl (C=O) groups excluding carboxylic acids is 2. The molecule has 0 amide bonds. The van der Waals surface area contributed by atoms with Crippen LogP contribution in [0.5, 0.6) is 0 Å². The van der Waals surface area contributed by atoms with Crippen LogP contribution in [-0.2, 0) is 37.5 Å². The number of aliphatic carboxylic acids is 1. The molecule has 11 nitrogen and oxygen atoms in total. The molecule has 0 aliphatic rings. The second kappa shape index (κ2) is 37.2. The van der Waals surface area contributed by atoms with Gasteiger partial charge in [-0.15, -0.1) is 0 Å². The van der Waals surface area contributed by atoms with Gasteiger partial charge in [-0.3, -0.25) is 23.4 Å². The average Bonchev–Trinajstić information content (AvgIpc) is 3.13. The summed E-state index contributed by atoms with van der Waals surface area (Å²) in [7, 11) is -4.71. The van der Waals surface area contributed by atoms with Crippen molar-refractivity contribution in [3.05, 3.63) is 12.2 Å². The molecule has 0 saturated heterocycles. The fourth-order valence-corrected chi connectivity index (χ4v) is 6.68. The second-order valence-electron chi connectivity index (χ2n) is 14.5. The van der Waals surface area contributed by atoms with Crippen molar-refractivity contribution in [2.75, 3.05) is 19.8 Å². The zero-order valence-corrected chi connectivity index (χ0v) is 34.5. The van der Waals surface area contributed by atoms with Crippen LogP contribution in [0.3, 0.4) is 0 Å². The van der Waals surface area contributed by atoms with E-state index in [1.54, 1.807) is 0 Å². The summed E-state index contributed by atoms with van der Waals surface area (Å²) in [4.78, 5) is 45.8. The van der Waals surface area contributed by atoms with Gasteiger partial charge < -0.3 is 25.2 Å². The Morgan fingerprint density at radius 3 is 1.45 bits per heavy atom. The van der Waals surface area contributed by atoms with E-state index in [9.17, 15) is 23.8 Å². The van der Waals surface area contributed by atoms with Crippen LogP contribution in [0, 0.1) is 0 Å². The Balaban J connectivity index is 4.39. The first-order valence-electron chi connectivity index (χ1n) is 21.2. The highest BCUT2D eigenvalue weighted by atomic mass is 31.2. The molecule has 0 aliphatic heterocycles. The Morgan fingerprint density at radius 1 is 0.566 bits per heavy atom. The molecule has 0 aromatic rings. The van der Waals surface area contributed by atoms with Crippen LogP contribution in [0.1, 0.15) is 200 Å². The number of phosphoric acid groups is 1. The fourth-order valence-electron chi connectivity index (χ4n) is 5.91. The number of unbranched alkanes of at least 4 members (excludes halogenated alkanes) is 24. The largest absolute Gasteiger partial charge is 0.480 e. The number of carbonyl (C=O) groups is 3. The zero-order chi connectivity index (χ0) is 39.3. The van der Waals surface area contributed by atoms with E-state index in [2.05, 4.69) is 24.4 Å². The summed E-state index contributed by atoms with van der Waals surface area (Å²) >= 11 is 0. The lowest BCUT2D eigenvalue weighted by Gasteiger charge is -2.20. The lowest BCUT2D eigenvalue weighted by molar-refractivity contribution is -0.161. The Hall–Kier alpha value is -1.78. The van der Waals surface area contributed by atoms with Crippen LogP contribution in [0.2, 0.25) is 0 Å². The number of nitrogens with two attached hydrogens (primary N) is 1. The second-order valence-corrected chi connectivity index (χ2v) is 15.9. The lowest BCUT2D eigenvalue weighted by Crippen LogP contribution is -2.34. The van der Waals surface area contributed by atoms with E-state index < -0.39 is 51.1 Å². The third-order valence-corrected chi connectivity index (χ3v) is 10.2. The number of esters is 2. The zero-order valence-electron chi connectivity index (χ0n) is 33.6. The standard InChI is InChI=1S/C41H78NO10P/c1-3-5-7-9-11-13-15-17-19-21-22-24-26-28-30-32-39(43)49-34-37(35-50-53(47,48)51-36-38(42)41(45)46)52-40(44)33-31-29-27-25-23-20-18-16-14-12-10-8-6-4-2/h26,28,37-38H,3-25,27,29-36,42H2,1-2H3,(H,45,46)(H,47,48)/b28-26+/t37-,38+/m1/s1. The van der Waals surface area contributed by atoms with Gasteiger partial charge in [0.1, 0.15) is 12.6 Å². The van der Waals surface area contributed by atoms with Crippen molar-refractivity contribution in [1.29, 1.82) is 0 Å². The molecule has 12 heteroatoms. The predicted molar refractivity (Wildman–Crippen MR) is 213 cm³/mol. The molecule has 0 aromatic carbocycles. The number of carboxylic acid groups (broad SMARTS) is 1. The fraction of sp³-hybridized carbons (Fsp3) is 0.878. The number of hydrogen-bond acceptors (Lipinski definition) is 9. The molecular formula is C41H78NO10P. The molecule has 4 N–H and O–H groups in total. The van der Waals surface area contributed by atoms with Crippen molar-refractivity contribution in [3.63, 3.8) is 0 Å². The Bertz CT molecular complexity index is 963. The van der Waals surface area contributed by atoms with Crippen LogP contribution in [0.25, 0.3) is 0 Å². The minimum atomic E-state index is -4.71. The Kier molecular flexibility index (Phi) is 35.9. The molecule has 0 saturated carbocycles. The number of carboxylic acids is 1. The van der Waals surface area contributed by atoms with Crippen LogP contribution >= 0.6 is 7.82 Å². The van der Waals surface area contributed by atoms with E-state index in [1.165, 1.54) is 128 Å². The highest BCUT2D eigenvalue weighted by Crippen LogP contribution is 2.43. The van der Waals surface area contributed by atoms with Gasteiger partial charge in [0, 0.05) is 12.8 Å². The summed E-state index contributed by atoms with van der Waals surface area (Å²) in [6, 6.07) is -1.52. The van der Waals surface area contributed by atoms with E-state index in [4.69, 9.17) is 24.8 Å². The summed E-state index contributed by atoms with van der Waals surface area (Å²) in [5, 5.41) is 8.87. The molecule has 0 bridgehead atoms. The van der Waals surface area contributed by atoms with Gasteiger partial charge in [-0.05, 0) is 25.7 Å². The SMILES string of the molecule is CCCCCCCCCCCCC/C=C/CCC(=O)OC[C@H](COP(=O)(O)OC[C@H](N)C(=O)O)OC(=O)CCCCCCCCCCCCCCCC. The summed E-state index contributed by atoms with van der Waals surface area (Å²) in [5.74, 6) is -2.43. The highest BCUT2D eigenvalue weighted by Gasteiger charge is 2.28. The highest BCUT2D eigenvalue weighted by molar-refractivity contribution is 7.47. The monoisotopic (exact) mass is 776 g/mol. The topological polar surface area (TPSA) is 172 Å². The predicted octanol–water partition coefficient (Wildman–Crippen LogP) is 10.9. The van der Waals surface area contributed by atoms with E-state index in [0.717, 1.165) is 32.1 Å². The van der Waals surface area contributed by atoms with E-state index in [0.29, 0.717) is 12.8 Å². The van der Waals surface area contributed by atoms with Crippen molar-refractivity contribution in [3.8, 4) is 0 Å². The molecule has 0 aromatic heterocycles. The molecular weight excluding hydrogens is 697 g/mol. The van der Waals surface area contributed by atoms with Gasteiger partial charge in [0.05, 0.1) is 13.2 Å². The quantitative estimate of drug-likeness (QED) is 0.0234. The molecule has 0 fully saturated rings. The molecule has 0 heterocycles. The number of ether oxygens (including phenoxy) is 2. The first-order valence-corrected chi connectivity index (χ1v) is 22.7. The molecule has 312 valence electrons. The van der Waals surface area contributed by atoms with Crippen molar-refractivity contribution >= 4 is 25.7 Å². The third-order valence-electron chi connectivity index (χ3n) is 9.28. The number of rotatable bonds is 40. The molecule has 0 aliphatic carbocycles. The smallest absolute Gasteiger partial charge is 0.472 e. The molecule has 0 radical (unpaired) electrons. The maximum Gasteiger partial charge on any atom is 0.472 e. The van der Waals surface area contributed by atoms with Crippen LogP contribution in [0.15, 0.2) is 12.2 Å². The Morgan fingerprint density at radius 2 is 0.981 bits per heavy atom. The lowest BCUT2D eigenvalue weighted by atomic mass is 10.0. The van der Waals surface area contributed by atoms with Gasteiger partial charge in [-0.2, -0.15) is 0 Å². The maximum absolute atomic E-state index is 12.6. The molecule has 3 atom stereocenters. The third kappa shape index (κ3) is 36.9. The van der Waals surface area contributed by atoms with Gasteiger partial charge in [0.25, 0.3) is 0 Å². The number of allylic oxidation sites excluding steroid dienone is 2. The summed E-state index contributed by atoms with van der Waals surface area (Å²) in [5.41, 5.74) is 5.32. The summed E-state index contributed by atoms with van der Waals surface area (Å²) in [6.45, 7) is 2.78. The Labute approximate surface area is 322 Å². The van der Waals surface area contributed by atoms with Gasteiger partial charge in [0.2, 0.25) is 0 Å². The normalized spacial score (nSPS) is 13.9. The summed E-state index contributed by atoms with van der Waals surface area (Å²) in [6.07, 6.45) is 35.7. The van der Waals surface area contributed by atoms with Crippen molar-refractivity contribution in [1.82, 2.24) is 0 Å². The van der Waals surface area contributed by atoms with Gasteiger partial charge >= 0.3 is 25.7 Å². The van der Waals surface area contributed by atoms with Gasteiger partial charge in [-0.25, -0.2) is 4.57 Å². The van der Waals surface area contributed by atoms with E-state index in [1.807, 2.05) is 6.08 Å². The average molecular weight is 776 g/mol. The first kappa shape index (κ1) is 51.2. The molecule has 53 heavy (non-hydrogen) atoms. The molecule has 0 spiro atoms. The van der Waals surface area contributed by atoms with Gasteiger partial charge in [0.15, 0.2) is 6.10 Å². The minimum Gasteiger partial charge on any atom is -0.480 e. The van der Waals surface area contributed by atoms with Crippen molar-refractivity contribution in [2.24, 2.45) is 5.73 Å². The van der Waals surface area contributed by atoms with E-state index >= 15 is 0 Å². The maximum atomic E-state index is 12.6. The van der Waals surface area contributed by atoms with Crippen molar-refractivity contribution < 1.29 is 47.5 Å². The van der Waals surface area contributed by atoms with Crippen LogP contribution < -0.4 is 5.73 Å². The van der Waals surface area contributed by atoms with Crippen molar-refractivity contribution in [2.45, 2.75) is 212 Å². The van der Waals surface area contributed by atoms with Gasteiger partial charge in [-0.1, -0.05) is 174 Å². The molecule has 1 unspecified atom stereocenters. The summed E-state index contributed by atoms with van der Waals surface area (Å²) < 4.78 is 32.6. The number of phosphoric ester groups is 1. The minimum absolute atomic E-state index is 0.143. The van der Waals surface area contributed by atoms with Crippen LogP contribution in [-0.4, -0.2) is 59.9 Å².